The number of ketones is 1. The maximum absolute atomic E-state index is 12.0. The van der Waals surface area contributed by atoms with Gasteiger partial charge in [0.15, 0.2) is 5.78 Å². The maximum Gasteiger partial charge on any atom is 0.345 e. The minimum Gasteiger partial charge on any atom is -0.511 e. The molecule has 0 aromatic carbocycles. The van der Waals surface area contributed by atoms with Crippen molar-refractivity contribution in [3.8, 4) is 0 Å². The Morgan fingerprint density at radius 2 is 2.05 bits per heavy atom. The number of carbonyl (C=O) groups is 2. The zero-order valence-electron chi connectivity index (χ0n) is 11.7. The summed E-state index contributed by atoms with van der Waals surface area (Å²) in [4.78, 5) is 23.8. The predicted molar refractivity (Wildman–Crippen MR) is 70.6 cm³/mol. The van der Waals surface area contributed by atoms with Crippen LogP contribution in [0.5, 0.6) is 0 Å². The fourth-order valence-electron chi connectivity index (χ4n) is 2.99. The van der Waals surface area contributed by atoms with Gasteiger partial charge in [-0.2, -0.15) is 0 Å². The van der Waals surface area contributed by atoms with Crippen molar-refractivity contribution in [2.45, 2.75) is 64.4 Å². The van der Waals surface area contributed by atoms with Gasteiger partial charge in [-0.15, -0.1) is 0 Å². The van der Waals surface area contributed by atoms with Crippen LogP contribution in [0.4, 0.5) is 0 Å². The number of aliphatic hydroxyl groups is 1. The number of carbonyl (C=O) groups excluding carboxylic acids is 2. The Morgan fingerprint density at radius 1 is 1.42 bits per heavy atom. The van der Waals surface area contributed by atoms with E-state index in [1.807, 2.05) is 6.92 Å². The fourth-order valence-corrected chi connectivity index (χ4v) is 2.99. The molecule has 0 saturated heterocycles. The topological polar surface area (TPSA) is 63.6 Å². The van der Waals surface area contributed by atoms with Gasteiger partial charge in [0.2, 0.25) is 0 Å². The average Bonchev–Trinajstić information content (AvgIpc) is 2.33. The molecule has 0 aromatic heterocycles. The summed E-state index contributed by atoms with van der Waals surface area (Å²) in [5.74, 6) is -0.358. The molecule has 4 heteroatoms. The molecule has 0 aromatic rings. The number of hydrogen-bond acceptors (Lipinski definition) is 4. The van der Waals surface area contributed by atoms with Crippen LogP contribution >= 0.6 is 0 Å². The molecular weight excluding hydrogens is 244 g/mol. The van der Waals surface area contributed by atoms with Crippen molar-refractivity contribution in [1.82, 2.24) is 0 Å². The summed E-state index contributed by atoms with van der Waals surface area (Å²) in [6, 6.07) is 0. The van der Waals surface area contributed by atoms with E-state index in [1.54, 1.807) is 0 Å². The summed E-state index contributed by atoms with van der Waals surface area (Å²) in [5.41, 5.74) is -0.685. The van der Waals surface area contributed by atoms with E-state index in [0.29, 0.717) is 18.8 Å². The van der Waals surface area contributed by atoms with Crippen molar-refractivity contribution in [3.05, 3.63) is 11.3 Å². The second-order valence-corrected chi connectivity index (χ2v) is 5.93. The minimum atomic E-state index is -0.628. The van der Waals surface area contributed by atoms with E-state index >= 15 is 0 Å². The molecule has 0 bridgehead atoms. The summed E-state index contributed by atoms with van der Waals surface area (Å²) in [7, 11) is 0. The third-order valence-corrected chi connectivity index (χ3v) is 4.23. The molecule has 1 aliphatic carbocycles. The lowest BCUT2D eigenvalue weighted by Gasteiger charge is -2.41. The molecule has 0 unspecified atom stereocenters. The molecule has 1 aliphatic heterocycles. The highest BCUT2D eigenvalue weighted by Gasteiger charge is 2.45. The first-order chi connectivity index (χ1) is 8.97. The van der Waals surface area contributed by atoms with Gasteiger partial charge in [-0.1, -0.05) is 13.8 Å². The standard InChI is InChI=1S/C15H22O4/c1-3-4-11(16)13-12(17)9-15(19-14(13)18)7-5-10(2)6-8-15/h10,17H,3-9H2,1-2H3. The summed E-state index contributed by atoms with van der Waals surface area (Å²) in [5, 5.41) is 10.1. The van der Waals surface area contributed by atoms with E-state index in [1.165, 1.54) is 0 Å². The van der Waals surface area contributed by atoms with E-state index in [4.69, 9.17) is 4.74 Å². The first-order valence-electron chi connectivity index (χ1n) is 7.16. The molecule has 19 heavy (non-hydrogen) atoms. The summed E-state index contributed by atoms with van der Waals surface area (Å²) >= 11 is 0. The molecule has 4 nitrogen and oxygen atoms in total. The molecule has 2 aliphatic rings. The van der Waals surface area contributed by atoms with E-state index in [-0.39, 0.29) is 23.5 Å². The average molecular weight is 266 g/mol. The zero-order valence-corrected chi connectivity index (χ0v) is 11.7. The van der Waals surface area contributed by atoms with Crippen molar-refractivity contribution < 1.29 is 19.4 Å². The van der Waals surface area contributed by atoms with Crippen molar-refractivity contribution in [2.75, 3.05) is 0 Å². The third kappa shape index (κ3) is 2.82. The summed E-state index contributed by atoms with van der Waals surface area (Å²) in [6.07, 6.45) is 4.79. The van der Waals surface area contributed by atoms with Crippen molar-refractivity contribution in [2.24, 2.45) is 5.92 Å². The SMILES string of the molecule is CCCC(=O)C1=C(O)CC2(CCC(C)CC2)OC1=O. The van der Waals surface area contributed by atoms with Gasteiger partial charge in [-0.05, 0) is 38.0 Å². The lowest BCUT2D eigenvalue weighted by molar-refractivity contribution is -0.164. The lowest BCUT2D eigenvalue weighted by Crippen LogP contribution is -2.44. The first-order valence-corrected chi connectivity index (χ1v) is 7.16. The molecule has 1 saturated carbocycles. The minimum absolute atomic E-state index is 0.0655. The smallest absolute Gasteiger partial charge is 0.345 e. The number of esters is 1. The number of hydrogen-bond donors (Lipinski definition) is 1. The number of aliphatic hydroxyl groups excluding tert-OH is 1. The van der Waals surface area contributed by atoms with Crippen LogP contribution < -0.4 is 0 Å². The molecule has 106 valence electrons. The second kappa shape index (κ2) is 5.35. The van der Waals surface area contributed by atoms with E-state index < -0.39 is 11.6 Å². The molecular formula is C15H22O4. The van der Waals surface area contributed by atoms with Gasteiger partial charge in [0.1, 0.15) is 16.9 Å². The van der Waals surface area contributed by atoms with Crippen molar-refractivity contribution in [1.29, 1.82) is 0 Å². The van der Waals surface area contributed by atoms with Crippen LogP contribution in [0, 0.1) is 5.92 Å². The van der Waals surface area contributed by atoms with Crippen molar-refractivity contribution in [3.63, 3.8) is 0 Å². The van der Waals surface area contributed by atoms with E-state index in [2.05, 4.69) is 6.92 Å². The Labute approximate surface area is 113 Å². The Hall–Kier alpha value is -1.32. The molecule has 1 heterocycles. The molecule has 0 amide bonds. The maximum atomic E-state index is 12.0. The molecule has 1 N–H and O–H groups in total. The molecule has 0 radical (unpaired) electrons. The van der Waals surface area contributed by atoms with Gasteiger partial charge in [-0.25, -0.2) is 4.79 Å². The summed E-state index contributed by atoms with van der Waals surface area (Å²) < 4.78 is 5.54. The van der Waals surface area contributed by atoms with Crippen LogP contribution in [-0.2, 0) is 14.3 Å². The van der Waals surface area contributed by atoms with Gasteiger partial charge in [0.25, 0.3) is 0 Å². The second-order valence-electron chi connectivity index (χ2n) is 5.93. The highest BCUT2D eigenvalue weighted by atomic mass is 16.6. The van der Waals surface area contributed by atoms with Crippen molar-refractivity contribution >= 4 is 11.8 Å². The monoisotopic (exact) mass is 266 g/mol. The third-order valence-electron chi connectivity index (χ3n) is 4.23. The quantitative estimate of drug-likeness (QED) is 0.630. The molecule has 1 spiro atoms. The van der Waals surface area contributed by atoms with E-state index in [0.717, 1.165) is 25.7 Å². The van der Waals surface area contributed by atoms with E-state index in [9.17, 15) is 14.7 Å². The van der Waals surface area contributed by atoms with Gasteiger partial charge in [0.05, 0.1) is 0 Å². The van der Waals surface area contributed by atoms with Gasteiger partial charge in [0, 0.05) is 12.8 Å². The number of ether oxygens (including phenoxy) is 1. The van der Waals surface area contributed by atoms with Crippen LogP contribution in [0.15, 0.2) is 11.3 Å². The normalized spacial score (nSPS) is 31.5. The van der Waals surface area contributed by atoms with Gasteiger partial charge in [-0.3, -0.25) is 4.79 Å². The molecule has 0 atom stereocenters. The largest absolute Gasteiger partial charge is 0.511 e. The Balaban J connectivity index is 2.18. The molecule has 2 rings (SSSR count). The number of Topliss-reactive ketones (excluding diaryl/α,β-unsaturated/α-hetero) is 1. The fraction of sp³-hybridized carbons (Fsp3) is 0.733. The van der Waals surface area contributed by atoms with Crippen LogP contribution in [0.25, 0.3) is 0 Å². The van der Waals surface area contributed by atoms with Crippen LogP contribution in [-0.4, -0.2) is 22.5 Å². The predicted octanol–water partition coefficient (Wildman–Crippen LogP) is 3.06. The van der Waals surface area contributed by atoms with Crippen LogP contribution in [0.3, 0.4) is 0 Å². The zero-order chi connectivity index (χ0) is 14.0. The lowest BCUT2D eigenvalue weighted by atomic mass is 9.75. The highest BCUT2D eigenvalue weighted by Crippen LogP contribution is 2.42. The number of rotatable bonds is 3. The highest BCUT2D eigenvalue weighted by molar-refractivity contribution is 6.18. The Morgan fingerprint density at radius 3 is 2.58 bits per heavy atom. The first kappa shape index (κ1) is 14.1. The van der Waals surface area contributed by atoms with Gasteiger partial charge >= 0.3 is 5.97 Å². The summed E-state index contributed by atoms with van der Waals surface area (Å²) in [6.45, 7) is 4.05. The Kier molecular flexibility index (Phi) is 3.97. The molecule has 1 fully saturated rings. The Bertz CT molecular complexity index is 414. The van der Waals surface area contributed by atoms with Crippen LogP contribution in [0.2, 0.25) is 0 Å². The van der Waals surface area contributed by atoms with Crippen LogP contribution in [0.1, 0.15) is 58.8 Å². The van der Waals surface area contributed by atoms with Gasteiger partial charge < -0.3 is 9.84 Å².